The van der Waals surface area contributed by atoms with Crippen LogP contribution >= 0.6 is 0 Å². The Morgan fingerprint density at radius 3 is 2.86 bits per heavy atom. The average Bonchev–Trinajstić information content (AvgIpc) is 2.48. The number of methoxy groups -OCH3 is 1. The summed E-state index contributed by atoms with van der Waals surface area (Å²) in [7, 11) is -0.00564. The summed E-state index contributed by atoms with van der Waals surface area (Å²) >= 11 is 0. The molecular weight excluding hydrogens is 288 g/mol. The molecule has 0 saturated carbocycles. The van der Waals surface area contributed by atoms with E-state index in [1.165, 1.54) is 4.31 Å². The fraction of sp³-hybridized carbons (Fsp3) is 0.600. The fourth-order valence-corrected chi connectivity index (χ4v) is 3.97. The van der Waals surface area contributed by atoms with Gasteiger partial charge in [0, 0.05) is 19.6 Å². The molecular formula is C15H24N2O3S. The van der Waals surface area contributed by atoms with Crippen molar-refractivity contribution >= 4 is 10.0 Å². The lowest BCUT2D eigenvalue weighted by Gasteiger charge is -2.26. The minimum atomic E-state index is -3.25. The second kappa shape index (κ2) is 7.24. The normalized spacial score (nSPS) is 19.7. The molecule has 0 radical (unpaired) electrons. The topological polar surface area (TPSA) is 58.6 Å². The van der Waals surface area contributed by atoms with E-state index in [1.54, 1.807) is 14.2 Å². The van der Waals surface area contributed by atoms with Crippen molar-refractivity contribution in [2.45, 2.75) is 31.8 Å². The minimum absolute atomic E-state index is 0.0801. The van der Waals surface area contributed by atoms with Crippen LogP contribution in [0.3, 0.4) is 0 Å². The number of hydrogen-bond acceptors (Lipinski definition) is 4. The Kier molecular flexibility index (Phi) is 5.61. The monoisotopic (exact) mass is 312 g/mol. The predicted octanol–water partition coefficient (Wildman–Crippen LogP) is 1.60. The highest BCUT2D eigenvalue weighted by atomic mass is 32.2. The molecule has 1 heterocycles. The van der Waals surface area contributed by atoms with Gasteiger partial charge in [-0.3, -0.25) is 0 Å². The molecule has 1 unspecified atom stereocenters. The van der Waals surface area contributed by atoms with E-state index in [2.05, 4.69) is 5.32 Å². The number of rotatable bonds is 6. The SMILES string of the molecule is COc1cccc(CN(C)S(=O)(=O)CC2CCCCN2)c1. The van der Waals surface area contributed by atoms with E-state index in [0.29, 0.717) is 6.54 Å². The zero-order chi connectivity index (χ0) is 15.3. The van der Waals surface area contributed by atoms with Gasteiger partial charge in [0.05, 0.1) is 12.9 Å². The Morgan fingerprint density at radius 1 is 1.38 bits per heavy atom. The maximum atomic E-state index is 12.4. The van der Waals surface area contributed by atoms with Crippen molar-refractivity contribution in [2.75, 3.05) is 26.5 Å². The smallest absolute Gasteiger partial charge is 0.215 e. The van der Waals surface area contributed by atoms with Gasteiger partial charge < -0.3 is 10.1 Å². The highest BCUT2D eigenvalue weighted by molar-refractivity contribution is 7.89. The molecule has 5 nitrogen and oxygen atoms in total. The third-order valence-electron chi connectivity index (χ3n) is 3.84. The van der Waals surface area contributed by atoms with Gasteiger partial charge in [0.15, 0.2) is 0 Å². The van der Waals surface area contributed by atoms with Crippen molar-refractivity contribution in [1.29, 1.82) is 0 Å². The number of nitrogens with one attached hydrogen (secondary N) is 1. The average molecular weight is 312 g/mol. The lowest BCUT2D eigenvalue weighted by Crippen LogP contribution is -2.43. The molecule has 1 N–H and O–H groups in total. The molecule has 1 atom stereocenters. The fourth-order valence-electron chi connectivity index (χ4n) is 2.57. The van der Waals surface area contributed by atoms with Gasteiger partial charge in [0.25, 0.3) is 0 Å². The third-order valence-corrected chi connectivity index (χ3v) is 5.74. The first-order chi connectivity index (χ1) is 10.0. The van der Waals surface area contributed by atoms with Gasteiger partial charge in [0.2, 0.25) is 10.0 Å². The van der Waals surface area contributed by atoms with Gasteiger partial charge in [-0.25, -0.2) is 12.7 Å². The van der Waals surface area contributed by atoms with Gasteiger partial charge in [-0.15, -0.1) is 0 Å². The first-order valence-electron chi connectivity index (χ1n) is 7.31. The van der Waals surface area contributed by atoms with Crippen LogP contribution in [0.2, 0.25) is 0 Å². The van der Waals surface area contributed by atoms with Crippen LogP contribution < -0.4 is 10.1 Å². The minimum Gasteiger partial charge on any atom is -0.497 e. The molecule has 1 aromatic rings. The van der Waals surface area contributed by atoms with Crippen molar-refractivity contribution in [2.24, 2.45) is 0 Å². The van der Waals surface area contributed by atoms with Crippen molar-refractivity contribution in [3.05, 3.63) is 29.8 Å². The quantitative estimate of drug-likeness (QED) is 0.867. The highest BCUT2D eigenvalue weighted by Crippen LogP contribution is 2.16. The summed E-state index contributed by atoms with van der Waals surface area (Å²) in [4.78, 5) is 0. The zero-order valence-corrected chi connectivity index (χ0v) is 13.5. The van der Waals surface area contributed by atoms with Crippen molar-refractivity contribution in [1.82, 2.24) is 9.62 Å². The van der Waals surface area contributed by atoms with E-state index >= 15 is 0 Å². The van der Waals surface area contributed by atoms with Gasteiger partial charge >= 0.3 is 0 Å². The summed E-state index contributed by atoms with van der Waals surface area (Å²) in [5.74, 6) is 0.917. The number of ether oxygens (including phenoxy) is 1. The van der Waals surface area contributed by atoms with E-state index in [4.69, 9.17) is 4.74 Å². The lowest BCUT2D eigenvalue weighted by molar-refractivity contribution is 0.405. The van der Waals surface area contributed by atoms with Gasteiger partial charge in [-0.2, -0.15) is 0 Å². The first-order valence-corrected chi connectivity index (χ1v) is 8.92. The number of hydrogen-bond donors (Lipinski definition) is 1. The summed E-state index contributed by atoms with van der Waals surface area (Å²) in [5, 5.41) is 3.29. The Hall–Kier alpha value is -1.11. The molecule has 2 rings (SSSR count). The molecule has 0 amide bonds. The first kappa shape index (κ1) is 16.3. The van der Waals surface area contributed by atoms with E-state index in [1.807, 2.05) is 24.3 Å². The van der Waals surface area contributed by atoms with E-state index in [0.717, 1.165) is 37.1 Å². The Labute approximate surface area is 127 Å². The van der Waals surface area contributed by atoms with E-state index in [-0.39, 0.29) is 11.8 Å². The molecule has 1 aliphatic rings. The van der Waals surface area contributed by atoms with Crippen LogP contribution in [0, 0.1) is 0 Å². The Morgan fingerprint density at radius 2 is 2.19 bits per heavy atom. The van der Waals surface area contributed by atoms with Gasteiger partial charge in [-0.05, 0) is 37.1 Å². The number of piperidine rings is 1. The summed E-state index contributed by atoms with van der Waals surface area (Å²) in [5.41, 5.74) is 0.928. The number of benzene rings is 1. The molecule has 118 valence electrons. The van der Waals surface area contributed by atoms with Gasteiger partial charge in [0.1, 0.15) is 5.75 Å². The second-order valence-corrected chi connectivity index (χ2v) is 7.65. The van der Waals surface area contributed by atoms with Crippen LogP contribution in [0.5, 0.6) is 5.75 Å². The molecule has 1 saturated heterocycles. The standard InChI is InChI=1S/C15H24N2O3S/c1-17(11-13-6-5-8-15(10-13)20-2)21(18,19)12-14-7-3-4-9-16-14/h5-6,8,10,14,16H,3-4,7,9,11-12H2,1-2H3. The van der Waals surface area contributed by atoms with Crippen LogP contribution in [0.25, 0.3) is 0 Å². The summed E-state index contributed by atoms with van der Waals surface area (Å²) < 4.78 is 31.4. The van der Waals surface area contributed by atoms with Crippen molar-refractivity contribution in [3.63, 3.8) is 0 Å². The molecule has 1 aliphatic heterocycles. The molecule has 1 fully saturated rings. The summed E-state index contributed by atoms with van der Waals surface area (Å²) in [6.45, 7) is 1.28. The van der Waals surface area contributed by atoms with Crippen LogP contribution in [0.4, 0.5) is 0 Å². The van der Waals surface area contributed by atoms with Crippen molar-refractivity contribution in [3.8, 4) is 5.75 Å². The molecule has 0 spiro atoms. The van der Waals surface area contributed by atoms with Crippen LogP contribution in [-0.2, 0) is 16.6 Å². The maximum absolute atomic E-state index is 12.4. The maximum Gasteiger partial charge on any atom is 0.215 e. The molecule has 1 aromatic carbocycles. The number of sulfonamides is 1. The summed E-state index contributed by atoms with van der Waals surface area (Å²) in [6.07, 6.45) is 3.18. The van der Waals surface area contributed by atoms with E-state index in [9.17, 15) is 8.42 Å². The Bertz CT molecular complexity index is 554. The lowest BCUT2D eigenvalue weighted by atomic mass is 10.1. The summed E-state index contributed by atoms with van der Waals surface area (Å²) in [6, 6.07) is 7.58. The third kappa shape index (κ3) is 4.69. The van der Waals surface area contributed by atoms with E-state index < -0.39 is 10.0 Å². The largest absolute Gasteiger partial charge is 0.497 e. The zero-order valence-electron chi connectivity index (χ0n) is 12.7. The molecule has 0 aromatic heterocycles. The van der Waals surface area contributed by atoms with Crippen molar-refractivity contribution < 1.29 is 13.2 Å². The molecule has 0 aliphatic carbocycles. The highest BCUT2D eigenvalue weighted by Gasteiger charge is 2.24. The molecule has 0 bridgehead atoms. The van der Waals surface area contributed by atoms with Crippen LogP contribution in [-0.4, -0.2) is 45.2 Å². The Balaban J connectivity index is 1.98. The number of nitrogens with zero attached hydrogens (tertiary/aromatic N) is 1. The predicted molar refractivity (Wildman–Crippen MR) is 83.9 cm³/mol. The van der Waals surface area contributed by atoms with Crippen LogP contribution in [0.15, 0.2) is 24.3 Å². The second-order valence-electron chi connectivity index (χ2n) is 5.53. The van der Waals surface area contributed by atoms with Gasteiger partial charge in [-0.1, -0.05) is 18.6 Å². The van der Waals surface area contributed by atoms with Crippen LogP contribution in [0.1, 0.15) is 24.8 Å². The molecule has 21 heavy (non-hydrogen) atoms. The molecule has 6 heteroatoms.